The Kier molecular flexibility index (Phi) is 8.57. The van der Waals surface area contributed by atoms with Crippen LogP contribution in [-0.4, -0.2) is 30.6 Å². The van der Waals surface area contributed by atoms with Crippen molar-refractivity contribution in [3.63, 3.8) is 0 Å². The lowest BCUT2D eigenvalue weighted by Crippen LogP contribution is -2.26. The Morgan fingerprint density at radius 3 is 2.36 bits per heavy atom. The Morgan fingerprint density at radius 2 is 1.79 bits per heavy atom. The monoisotopic (exact) mass is 204 g/mol. The van der Waals surface area contributed by atoms with Crippen LogP contribution >= 0.6 is 0 Å². The summed E-state index contributed by atoms with van der Waals surface area (Å²) in [5.41, 5.74) is 0. The van der Waals surface area contributed by atoms with E-state index in [0.717, 1.165) is 25.7 Å². The van der Waals surface area contributed by atoms with Crippen LogP contribution in [0.15, 0.2) is 0 Å². The van der Waals surface area contributed by atoms with E-state index in [2.05, 4.69) is 0 Å². The van der Waals surface area contributed by atoms with Gasteiger partial charge in [0.15, 0.2) is 0 Å². The zero-order chi connectivity index (χ0) is 10.8. The van der Waals surface area contributed by atoms with E-state index in [1.54, 1.807) is 0 Å². The fourth-order valence-electron chi connectivity index (χ4n) is 0.796. The molecular formula is C10H20O4. The van der Waals surface area contributed by atoms with Crippen LogP contribution in [0.5, 0.6) is 0 Å². The summed E-state index contributed by atoms with van der Waals surface area (Å²) in [5.74, 6) is -0.686. The predicted molar refractivity (Wildman–Crippen MR) is 52.7 cm³/mol. The van der Waals surface area contributed by atoms with Gasteiger partial charge in [0, 0.05) is 0 Å². The lowest BCUT2D eigenvalue weighted by atomic mass is 10.4. The molecule has 0 rings (SSSR count). The smallest absolute Gasteiger partial charge is 0.363 e. The fraction of sp³-hybridized carbons (Fsp3) is 0.900. The second kappa shape index (κ2) is 8.97. The molecule has 0 aliphatic carbocycles. The van der Waals surface area contributed by atoms with E-state index in [4.69, 9.17) is 14.6 Å². The SMILES string of the molecule is CCCCOC(=O)C(O)OCCCC. The minimum Gasteiger partial charge on any atom is -0.462 e. The Morgan fingerprint density at radius 1 is 1.21 bits per heavy atom. The number of carbonyl (C=O) groups is 1. The van der Waals surface area contributed by atoms with E-state index < -0.39 is 12.3 Å². The Hall–Kier alpha value is -0.610. The van der Waals surface area contributed by atoms with Gasteiger partial charge in [-0.25, -0.2) is 4.79 Å². The molecule has 4 heteroatoms. The molecule has 1 atom stereocenters. The third kappa shape index (κ3) is 6.86. The summed E-state index contributed by atoms with van der Waals surface area (Å²) in [6, 6.07) is 0. The molecule has 0 saturated heterocycles. The van der Waals surface area contributed by atoms with E-state index in [9.17, 15) is 4.79 Å². The molecule has 0 heterocycles. The fourth-order valence-corrected chi connectivity index (χ4v) is 0.796. The van der Waals surface area contributed by atoms with Crippen molar-refractivity contribution in [2.24, 2.45) is 0 Å². The molecule has 0 fully saturated rings. The standard InChI is InChI=1S/C10H20O4/c1-3-5-7-13-9(11)10(12)14-8-6-4-2/h9,11H,3-8H2,1-2H3. The lowest BCUT2D eigenvalue weighted by Gasteiger charge is -2.10. The van der Waals surface area contributed by atoms with Crippen molar-refractivity contribution in [2.75, 3.05) is 13.2 Å². The number of ether oxygens (including phenoxy) is 2. The van der Waals surface area contributed by atoms with Gasteiger partial charge in [0.1, 0.15) is 0 Å². The van der Waals surface area contributed by atoms with E-state index in [0.29, 0.717) is 13.2 Å². The maximum absolute atomic E-state index is 11.0. The quantitative estimate of drug-likeness (QED) is 0.369. The number of rotatable bonds is 8. The number of hydrogen-bond donors (Lipinski definition) is 1. The highest BCUT2D eigenvalue weighted by molar-refractivity contribution is 5.72. The lowest BCUT2D eigenvalue weighted by molar-refractivity contribution is -0.183. The summed E-state index contributed by atoms with van der Waals surface area (Å²) in [6.45, 7) is 4.75. The number of esters is 1. The third-order valence-corrected chi connectivity index (χ3v) is 1.72. The molecule has 0 aliphatic heterocycles. The minimum atomic E-state index is -1.42. The molecule has 1 N–H and O–H groups in total. The van der Waals surface area contributed by atoms with Gasteiger partial charge in [0.05, 0.1) is 13.2 Å². The number of aliphatic hydroxyl groups is 1. The first-order chi connectivity index (χ1) is 6.72. The van der Waals surface area contributed by atoms with Crippen LogP contribution in [-0.2, 0) is 14.3 Å². The molecule has 84 valence electrons. The van der Waals surface area contributed by atoms with Gasteiger partial charge in [-0.3, -0.25) is 0 Å². The third-order valence-electron chi connectivity index (χ3n) is 1.72. The zero-order valence-corrected chi connectivity index (χ0v) is 8.99. The first-order valence-corrected chi connectivity index (χ1v) is 5.18. The van der Waals surface area contributed by atoms with Gasteiger partial charge in [-0.15, -0.1) is 0 Å². The summed E-state index contributed by atoms with van der Waals surface area (Å²) in [5, 5.41) is 9.15. The summed E-state index contributed by atoms with van der Waals surface area (Å²) < 4.78 is 9.62. The van der Waals surface area contributed by atoms with E-state index in [-0.39, 0.29) is 0 Å². The van der Waals surface area contributed by atoms with Crippen LogP contribution in [0.2, 0.25) is 0 Å². The maximum Gasteiger partial charge on any atom is 0.363 e. The Labute approximate surface area is 85.2 Å². The summed E-state index contributed by atoms with van der Waals surface area (Å²) in [6.07, 6.45) is 2.16. The average molecular weight is 204 g/mol. The van der Waals surface area contributed by atoms with Crippen LogP contribution < -0.4 is 0 Å². The predicted octanol–water partition coefficient (Wildman–Crippen LogP) is 1.46. The van der Waals surface area contributed by atoms with Crippen molar-refractivity contribution in [1.82, 2.24) is 0 Å². The maximum atomic E-state index is 11.0. The van der Waals surface area contributed by atoms with Crippen molar-refractivity contribution in [1.29, 1.82) is 0 Å². The molecule has 0 aliphatic rings. The van der Waals surface area contributed by atoms with Crippen molar-refractivity contribution in [2.45, 2.75) is 45.8 Å². The molecule has 1 unspecified atom stereocenters. The second-order valence-corrected chi connectivity index (χ2v) is 3.10. The van der Waals surface area contributed by atoms with Gasteiger partial charge in [0.2, 0.25) is 0 Å². The summed E-state index contributed by atoms with van der Waals surface area (Å²) in [7, 11) is 0. The van der Waals surface area contributed by atoms with Gasteiger partial charge < -0.3 is 14.6 Å². The van der Waals surface area contributed by atoms with Gasteiger partial charge in [-0.2, -0.15) is 0 Å². The van der Waals surface area contributed by atoms with Crippen molar-refractivity contribution >= 4 is 5.97 Å². The zero-order valence-electron chi connectivity index (χ0n) is 8.99. The molecular weight excluding hydrogens is 184 g/mol. The largest absolute Gasteiger partial charge is 0.462 e. The molecule has 0 saturated carbocycles. The second-order valence-electron chi connectivity index (χ2n) is 3.10. The first kappa shape index (κ1) is 13.4. The van der Waals surface area contributed by atoms with Gasteiger partial charge in [-0.1, -0.05) is 26.7 Å². The summed E-state index contributed by atoms with van der Waals surface area (Å²) in [4.78, 5) is 11.0. The number of hydrogen-bond acceptors (Lipinski definition) is 4. The normalized spacial score (nSPS) is 12.5. The number of aliphatic hydroxyl groups excluding tert-OH is 1. The Balaban J connectivity index is 3.44. The highest BCUT2D eigenvalue weighted by Gasteiger charge is 2.16. The number of unbranched alkanes of at least 4 members (excludes halogenated alkanes) is 2. The van der Waals surface area contributed by atoms with E-state index >= 15 is 0 Å². The molecule has 0 spiro atoms. The van der Waals surface area contributed by atoms with Gasteiger partial charge in [0.25, 0.3) is 6.29 Å². The van der Waals surface area contributed by atoms with Gasteiger partial charge >= 0.3 is 5.97 Å². The van der Waals surface area contributed by atoms with Crippen LogP contribution in [0.3, 0.4) is 0 Å². The average Bonchev–Trinajstić information content (AvgIpc) is 2.18. The molecule has 14 heavy (non-hydrogen) atoms. The topological polar surface area (TPSA) is 55.8 Å². The highest BCUT2D eigenvalue weighted by atomic mass is 16.6. The van der Waals surface area contributed by atoms with Crippen molar-refractivity contribution in [3.8, 4) is 0 Å². The van der Waals surface area contributed by atoms with Crippen molar-refractivity contribution in [3.05, 3.63) is 0 Å². The number of carbonyl (C=O) groups excluding carboxylic acids is 1. The van der Waals surface area contributed by atoms with E-state index in [1.807, 2.05) is 13.8 Å². The first-order valence-electron chi connectivity index (χ1n) is 5.18. The molecule has 0 amide bonds. The molecule has 0 aromatic heterocycles. The van der Waals surface area contributed by atoms with Crippen LogP contribution in [0, 0.1) is 0 Å². The van der Waals surface area contributed by atoms with E-state index in [1.165, 1.54) is 0 Å². The van der Waals surface area contributed by atoms with Crippen LogP contribution in [0.4, 0.5) is 0 Å². The minimum absolute atomic E-state index is 0.351. The Bertz CT molecular complexity index is 147. The summed E-state index contributed by atoms with van der Waals surface area (Å²) >= 11 is 0. The molecule has 4 nitrogen and oxygen atoms in total. The van der Waals surface area contributed by atoms with Crippen LogP contribution in [0.25, 0.3) is 0 Å². The van der Waals surface area contributed by atoms with Gasteiger partial charge in [-0.05, 0) is 12.8 Å². The van der Waals surface area contributed by atoms with Crippen molar-refractivity contribution < 1.29 is 19.4 Å². The molecule has 0 bridgehead atoms. The molecule has 0 aromatic rings. The molecule has 0 aromatic carbocycles. The molecule has 0 radical (unpaired) electrons. The highest BCUT2D eigenvalue weighted by Crippen LogP contribution is 1.97. The van der Waals surface area contributed by atoms with Crippen LogP contribution in [0.1, 0.15) is 39.5 Å².